The van der Waals surface area contributed by atoms with Crippen LogP contribution in [0.15, 0.2) is 67.1 Å². The minimum absolute atomic E-state index is 0.0992. The zero-order valence-electron chi connectivity index (χ0n) is 17.1. The second-order valence-electron chi connectivity index (χ2n) is 6.87. The molecule has 0 atom stereocenters. The average Bonchev–Trinajstić information content (AvgIpc) is 3.26. The molecule has 31 heavy (non-hydrogen) atoms. The number of aromatic nitrogens is 3. The van der Waals surface area contributed by atoms with Crippen LogP contribution in [0.25, 0.3) is 16.9 Å². The number of imidazole rings is 1. The molecule has 2 aromatic heterocycles. The maximum Gasteiger partial charge on any atom is 0.251 e. The van der Waals surface area contributed by atoms with Gasteiger partial charge in [0.25, 0.3) is 5.91 Å². The Morgan fingerprint density at radius 1 is 1.16 bits per heavy atom. The normalized spacial score (nSPS) is 10.8. The molecular weight excluding hydrogens is 394 g/mol. The molecule has 0 fully saturated rings. The van der Waals surface area contributed by atoms with Crippen LogP contribution in [0.4, 0.5) is 5.82 Å². The van der Waals surface area contributed by atoms with Crippen LogP contribution in [-0.4, -0.2) is 45.6 Å². The van der Waals surface area contributed by atoms with E-state index in [2.05, 4.69) is 20.6 Å². The molecule has 0 aliphatic rings. The predicted octanol–water partition coefficient (Wildman–Crippen LogP) is 2.74. The number of carbonyl (C=O) groups excluding carboxylic acids is 1. The first-order valence-electron chi connectivity index (χ1n) is 9.88. The number of methoxy groups -OCH3 is 1. The Labute approximate surface area is 179 Å². The molecule has 2 aromatic carbocycles. The molecule has 8 heteroatoms. The number of ether oxygens (including phenoxy) is 1. The maximum absolute atomic E-state index is 12.2. The van der Waals surface area contributed by atoms with Crippen molar-refractivity contribution in [1.82, 2.24) is 19.7 Å². The van der Waals surface area contributed by atoms with Gasteiger partial charge in [0.1, 0.15) is 5.75 Å². The fourth-order valence-corrected chi connectivity index (χ4v) is 3.28. The van der Waals surface area contributed by atoms with Gasteiger partial charge in [-0.3, -0.25) is 9.20 Å². The molecule has 2 heterocycles. The van der Waals surface area contributed by atoms with Crippen LogP contribution in [-0.2, 0) is 6.54 Å². The Morgan fingerprint density at radius 3 is 2.77 bits per heavy atom. The molecule has 0 radical (unpaired) electrons. The number of nitrogens with zero attached hydrogens (tertiary/aromatic N) is 3. The van der Waals surface area contributed by atoms with Gasteiger partial charge in [-0.1, -0.05) is 24.3 Å². The van der Waals surface area contributed by atoms with E-state index in [-0.39, 0.29) is 19.1 Å². The molecule has 0 unspecified atom stereocenters. The third kappa shape index (κ3) is 4.49. The number of amides is 1. The monoisotopic (exact) mass is 417 g/mol. The van der Waals surface area contributed by atoms with Gasteiger partial charge in [0.05, 0.1) is 25.6 Å². The van der Waals surface area contributed by atoms with Crippen molar-refractivity contribution in [2.75, 3.05) is 25.6 Å². The standard InChI is InChI=1S/C23H23N5O3/c1-31-19-7-5-16(6-8-19)14-26-21-22-27-15-20(28(22)11-9-24-21)17-3-2-4-18(13-17)23(30)25-10-12-29/h2-9,11,13,15,29H,10,12,14H2,1H3,(H,24,26)(H,25,30). The molecule has 4 aromatic rings. The molecule has 8 nitrogen and oxygen atoms in total. The van der Waals surface area contributed by atoms with E-state index in [1.54, 1.807) is 31.6 Å². The van der Waals surface area contributed by atoms with E-state index in [1.807, 2.05) is 47.0 Å². The summed E-state index contributed by atoms with van der Waals surface area (Å²) in [6.45, 7) is 0.713. The molecule has 0 saturated carbocycles. The maximum atomic E-state index is 12.2. The van der Waals surface area contributed by atoms with Crippen molar-refractivity contribution in [3.8, 4) is 17.0 Å². The Bertz CT molecular complexity index is 1190. The van der Waals surface area contributed by atoms with Gasteiger partial charge in [-0.15, -0.1) is 0 Å². The van der Waals surface area contributed by atoms with E-state index in [0.29, 0.717) is 23.6 Å². The summed E-state index contributed by atoms with van der Waals surface area (Å²) in [5.74, 6) is 1.25. The van der Waals surface area contributed by atoms with E-state index in [9.17, 15) is 4.79 Å². The van der Waals surface area contributed by atoms with Crippen LogP contribution in [0.3, 0.4) is 0 Å². The highest BCUT2D eigenvalue weighted by Gasteiger charge is 2.12. The zero-order valence-corrected chi connectivity index (χ0v) is 17.1. The average molecular weight is 417 g/mol. The molecule has 0 bridgehead atoms. The van der Waals surface area contributed by atoms with Crippen LogP contribution < -0.4 is 15.4 Å². The van der Waals surface area contributed by atoms with E-state index in [1.165, 1.54) is 0 Å². The molecule has 0 aliphatic carbocycles. The third-order valence-electron chi connectivity index (χ3n) is 4.86. The number of anilines is 1. The molecule has 4 rings (SSSR count). The number of aliphatic hydroxyl groups is 1. The summed E-state index contributed by atoms with van der Waals surface area (Å²) in [6.07, 6.45) is 5.32. The van der Waals surface area contributed by atoms with Crippen molar-refractivity contribution in [2.24, 2.45) is 0 Å². The van der Waals surface area contributed by atoms with E-state index in [0.717, 1.165) is 22.6 Å². The lowest BCUT2D eigenvalue weighted by atomic mass is 10.1. The first-order valence-corrected chi connectivity index (χ1v) is 9.88. The Kier molecular flexibility index (Phi) is 6.09. The van der Waals surface area contributed by atoms with E-state index < -0.39 is 0 Å². The Balaban J connectivity index is 1.58. The highest BCUT2D eigenvalue weighted by atomic mass is 16.5. The molecule has 0 spiro atoms. The molecule has 158 valence electrons. The summed E-state index contributed by atoms with van der Waals surface area (Å²) in [5, 5.41) is 14.9. The molecule has 0 saturated heterocycles. The lowest BCUT2D eigenvalue weighted by molar-refractivity contribution is 0.0945. The summed E-state index contributed by atoms with van der Waals surface area (Å²) in [4.78, 5) is 21.2. The van der Waals surface area contributed by atoms with Gasteiger partial charge in [-0.05, 0) is 29.8 Å². The fourth-order valence-electron chi connectivity index (χ4n) is 3.28. The highest BCUT2D eigenvalue weighted by molar-refractivity contribution is 5.95. The van der Waals surface area contributed by atoms with E-state index in [4.69, 9.17) is 9.84 Å². The topological polar surface area (TPSA) is 101 Å². The summed E-state index contributed by atoms with van der Waals surface area (Å²) in [5.41, 5.74) is 4.02. The number of hydrogen-bond acceptors (Lipinski definition) is 6. The molecule has 1 amide bonds. The minimum Gasteiger partial charge on any atom is -0.497 e. The summed E-state index contributed by atoms with van der Waals surface area (Å²) in [7, 11) is 1.64. The van der Waals surface area contributed by atoms with Crippen LogP contribution in [0, 0.1) is 0 Å². The van der Waals surface area contributed by atoms with Gasteiger partial charge in [0.2, 0.25) is 0 Å². The molecule has 3 N–H and O–H groups in total. The van der Waals surface area contributed by atoms with E-state index >= 15 is 0 Å². The Hall–Kier alpha value is -3.91. The van der Waals surface area contributed by atoms with Crippen molar-refractivity contribution < 1.29 is 14.6 Å². The fraction of sp³-hybridized carbons (Fsp3) is 0.174. The lowest BCUT2D eigenvalue weighted by Crippen LogP contribution is -2.26. The quantitative estimate of drug-likeness (QED) is 0.408. The number of nitrogens with one attached hydrogen (secondary N) is 2. The number of hydrogen-bond donors (Lipinski definition) is 3. The van der Waals surface area contributed by atoms with Crippen LogP contribution >= 0.6 is 0 Å². The second kappa shape index (κ2) is 9.27. The van der Waals surface area contributed by atoms with Crippen molar-refractivity contribution in [3.63, 3.8) is 0 Å². The van der Waals surface area contributed by atoms with Gasteiger partial charge >= 0.3 is 0 Å². The van der Waals surface area contributed by atoms with Crippen molar-refractivity contribution in [3.05, 3.63) is 78.2 Å². The molecule has 0 aliphatic heterocycles. The van der Waals surface area contributed by atoms with Crippen molar-refractivity contribution in [2.45, 2.75) is 6.54 Å². The highest BCUT2D eigenvalue weighted by Crippen LogP contribution is 2.24. The van der Waals surface area contributed by atoms with Crippen LogP contribution in [0.1, 0.15) is 15.9 Å². The largest absolute Gasteiger partial charge is 0.497 e. The second-order valence-corrected chi connectivity index (χ2v) is 6.87. The Morgan fingerprint density at radius 2 is 2.00 bits per heavy atom. The van der Waals surface area contributed by atoms with Gasteiger partial charge in [-0.2, -0.15) is 0 Å². The number of aliphatic hydroxyl groups excluding tert-OH is 1. The minimum atomic E-state index is -0.228. The summed E-state index contributed by atoms with van der Waals surface area (Å²) >= 11 is 0. The van der Waals surface area contributed by atoms with Gasteiger partial charge in [0, 0.05) is 36.6 Å². The number of benzene rings is 2. The molecular formula is C23H23N5O3. The zero-order chi connectivity index (χ0) is 21.6. The summed E-state index contributed by atoms with van der Waals surface area (Å²) < 4.78 is 7.13. The first-order chi connectivity index (χ1) is 15.2. The number of rotatable bonds is 8. The van der Waals surface area contributed by atoms with Crippen LogP contribution in [0.5, 0.6) is 5.75 Å². The van der Waals surface area contributed by atoms with Gasteiger partial charge < -0.3 is 20.5 Å². The lowest BCUT2D eigenvalue weighted by Gasteiger charge is -2.09. The predicted molar refractivity (Wildman–Crippen MR) is 118 cm³/mol. The first kappa shape index (κ1) is 20.4. The SMILES string of the molecule is COc1ccc(CNc2nccn3c(-c4cccc(C(=O)NCCO)c4)cnc23)cc1. The van der Waals surface area contributed by atoms with Crippen molar-refractivity contribution in [1.29, 1.82) is 0 Å². The summed E-state index contributed by atoms with van der Waals surface area (Å²) in [6, 6.07) is 15.1. The van der Waals surface area contributed by atoms with Crippen LogP contribution in [0.2, 0.25) is 0 Å². The number of fused-ring (bicyclic) bond motifs is 1. The van der Waals surface area contributed by atoms with Gasteiger partial charge in [-0.25, -0.2) is 9.97 Å². The smallest absolute Gasteiger partial charge is 0.251 e. The third-order valence-corrected chi connectivity index (χ3v) is 4.86. The van der Waals surface area contributed by atoms with Gasteiger partial charge in [0.15, 0.2) is 11.5 Å². The van der Waals surface area contributed by atoms with Crippen molar-refractivity contribution >= 4 is 17.4 Å². The number of carbonyl (C=O) groups is 1.